The van der Waals surface area contributed by atoms with Gasteiger partial charge in [-0.2, -0.15) is 4.48 Å². The van der Waals surface area contributed by atoms with Gasteiger partial charge in [-0.05, 0) is 26.2 Å². The molecule has 2 aliphatic rings. The number of nitrogens with zero attached hydrogens (tertiary/aromatic N) is 2. The van der Waals surface area contributed by atoms with E-state index in [2.05, 4.69) is 5.32 Å². The second-order valence-corrected chi connectivity index (χ2v) is 8.41. The molecule has 0 radical (unpaired) electrons. The first-order chi connectivity index (χ1) is 13.2. The van der Waals surface area contributed by atoms with Gasteiger partial charge in [0.1, 0.15) is 0 Å². The molecule has 2 rings (SSSR count). The number of imide groups is 1. The van der Waals surface area contributed by atoms with Gasteiger partial charge in [-0.15, -0.1) is 0 Å². The highest BCUT2D eigenvalue weighted by molar-refractivity contribution is 5.91. The zero-order valence-electron chi connectivity index (χ0n) is 16.8. The first kappa shape index (κ1) is 22.3. The fourth-order valence-electron chi connectivity index (χ4n) is 4.74. The summed E-state index contributed by atoms with van der Waals surface area (Å²) in [5.41, 5.74) is 5.57. The number of primary amides is 1. The van der Waals surface area contributed by atoms with E-state index < -0.39 is 34.3 Å². The van der Waals surface area contributed by atoms with E-state index >= 15 is 0 Å². The van der Waals surface area contributed by atoms with Gasteiger partial charge in [0.25, 0.3) is 5.91 Å². The van der Waals surface area contributed by atoms with Crippen molar-refractivity contribution in [2.45, 2.75) is 70.9 Å². The van der Waals surface area contributed by atoms with Crippen LogP contribution in [0.3, 0.4) is 0 Å². The Bertz CT molecular complexity index is 605. The summed E-state index contributed by atoms with van der Waals surface area (Å²) in [5, 5.41) is 13.0. The smallest absolute Gasteiger partial charge is 0.364 e. The number of carbonyl (C=O) groups excluding carboxylic acids is 4. The van der Waals surface area contributed by atoms with E-state index in [0.717, 1.165) is 25.7 Å². The Hall–Kier alpha value is -2.00. The standard InChI is InChI=1S/C19H32N4O5/c1-13(2)21-19(27)23(9-5-8-16(23)17(20)25)18(26)15(11-22(28)12-24)10-14-6-3-4-7-14/h12-16,28H,3-11H2,1-2H3,(H2-,20,21,25,27)/p+1/t15-,16+,23?/m1/s1. The molecule has 1 unspecified atom stereocenters. The molecule has 1 saturated heterocycles. The lowest BCUT2D eigenvalue weighted by Crippen LogP contribution is -2.68. The Labute approximate surface area is 165 Å². The van der Waals surface area contributed by atoms with Crippen LogP contribution in [-0.2, 0) is 14.4 Å². The van der Waals surface area contributed by atoms with E-state index in [1.54, 1.807) is 13.8 Å². The van der Waals surface area contributed by atoms with Crippen LogP contribution >= 0.6 is 0 Å². The fraction of sp³-hybridized carbons (Fsp3) is 0.789. The summed E-state index contributed by atoms with van der Waals surface area (Å²) in [7, 11) is 0. The SMILES string of the molecule is CC(C)NC(=O)[N+]1(C(=O)[C@H](CC2CCCC2)CN(O)C=O)CCC[C@H]1C(N)=O. The number of urea groups is 1. The molecule has 9 nitrogen and oxygen atoms in total. The Balaban J connectivity index is 2.38. The molecule has 158 valence electrons. The number of hydrogen-bond donors (Lipinski definition) is 3. The zero-order chi connectivity index (χ0) is 20.9. The normalized spacial score (nSPS) is 26.2. The number of nitrogens with one attached hydrogen (secondary N) is 1. The Morgan fingerprint density at radius 2 is 1.86 bits per heavy atom. The lowest BCUT2D eigenvalue weighted by Gasteiger charge is -2.36. The van der Waals surface area contributed by atoms with Crippen molar-refractivity contribution in [2.75, 3.05) is 13.1 Å². The van der Waals surface area contributed by atoms with Gasteiger partial charge < -0.3 is 11.1 Å². The summed E-state index contributed by atoms with van der Waals surface area (Å²) in [5.74, 6) is -1.55. The topological polar surface area (TPSA) is 130 Å². The van der Waals surface area contributed by atoms with E-state index in [4.69, 9.17) is 5.73 Å². The molecule has 0 aromatic carbocycles. The van der Waals surface area contributed by atoms with Gasteiger partial charge in [-0.3, -0.25) is 14.8 Å². The molecule has 0 bridgehead atoms. The van der Waals surface area contributed by atoms with Crippen molar-refractivity contribution >= 4 is 24.3 Å². The lowest BCUT2D eigenvalue weighted by molar-refractivity contribution is -0.779. The van der Waals surface area contributed by atoms with Crippen LogP contribution in [0.4, 0.5) is 4.79 Å². The number of hydrogen-bond acceptors (Lipinski definition) is 5. The van der Waals surface area contributed by atoms with Crippen LogP contribution in [0.25, 0.3) is 0 Å². The number of hydroxylamine groups is 2. The van der Waals surface area contributed by atoms with Gasteiger partial charge in [0, 0.05) is 18.9 Å². The van der Waals surface area contributed by atoms with Gasteiger partial charge in [-0.1, -0.05) is 25.7 Å². The van der Waals surface area contributed by atoms with Crippen molar-refractivity contribution in [1.29, 1.82) is 0 Å². The lowest BCUT2D eigenvalue weighted by atomic mass is 9.90. The minimum atomic E-state index is -0.930. The van der Waals surface area contributed by atoms with Crippen LogP contribution in [0, 0.1) is 11.8 Å². The van der Waals surface area contributed by atoms with Crippen molar-refractivity contribution in [3.8, 4) is 0 Å². The Morgan fingerprint density at radius 1 is 1.21 bits per heavy atom. The second kappa shape index (κ2) is 9.47. The highest BCUT2D eigenvalue weighted by Crippen LogP contribution is 2.36. The molecule has 0 aromatic heterocycles. The molecular formula is C19H33N4O5+. The van der Waals surface area contributed by atoms with Gasteiger partial charge in [-0.25, -0.2) is 14.7 Å². The third-order valence-electron chi connectivity index (χ3n) is 5.99. The average Bonchev–Trinajstić information content (AvgIpc) is 3.29. The Kier molecular flexibility index (Phi) is 7.54. The van der Waals surface area contributed by atoms with E-state index in [9.17, 15) is 24.4 Å². The molecule has 1 saturated carbocycles. The highest BCUT2D eigenvalue weighted by Gasteiger charge is 2.59. The molecule has 9 heteroatoms. The third kappa shape index (κ3) is 4.70. The maximum Gasteiger partial charge on any atom is 0.424 e. The summed E-state index contributed by atoms with van der Waals surface area (Å²) >= 11 is 0. The summed E-state index contributed by atoms with van der Waals surface area (Å²) in [6.45, 7) is 3.57. The molecule has 1 heterocycles. The summed E-state index contributed by atoms with van der Waals surface area (Å²) in [4.78, 5) is 49.9. The zero-order valence-corrected chi connectivity index (χ0v) is 16.8. The maximum atomic E-state index is 13.7. The number of likely N-dealkylation sites (tertiary alicyclic amines) is 1. The largest absolute Gasteiger partial charge is 0.424 e. The van der Waals surface area contributed by atoms with Crippen molar-refractivity contribution in [2.24, 2.45) is 17.6 Å². The molecule has 3 atom stereocenters. The predicted molar refractivity (Wildman–Crippen MR) is 101 cm³/mol. The van der Waals surface area contributed by atoms with Gasteiger partial charge in [0.05, 0.1) is 19.0 Å². The fourth-order valence-corrected chi connectivity index (χ4v) is 4.74. The first-order valence-electron chi connectivity index (χ1n) is 10.2. The molecule has 2 fully saturated rings. The third-order valence-corrected chi connectivity index (χ3v) is 5.99. The predicted octanol–water partition coefficient (Wildman–Crippen LogP) is 1.14. The molecule has 0 aromatic rings. The molecule has 5 amide bonds. The maximum absolute atomic E-state index is 13.7. The summed E-state index contributed by atoms with van der Waals surface area (Å²) in [6.07, 6.45) is 5.74. The van der Waals surface area contributed by atoms with E-state index in [0.29, 0.717) is 30.2 Å². The van der Waals surface area contributed by atoms with Crippen molar-refractivity contribution in [1.82, 2.24) is 10.4 Å². The number of amides is 5. The van der Waals surface area contributed by atoms with Crippen molar-refractivity contribution < 1.29 is 28.9 Å². The molecular weight excluding hydrogens is 364 g/mol. The number of rotatable bonds is 8. The van der Waals surface area contributed by atoms with Crippen LogP contribution in [0.2, 0.25) is 0 Å². The van der Waals surface area contributed by atoms with Crippen LogP contribution in [0.15, 0.2) is 0 Å². The van der Waals surface area contributed by atoms with Crippen molar-refractivity contribution in [3.63, 3.8) is 0 Å². The van der Waals surface area contributed by atoms with E-state index in [1.165, 1.54) is 0 Å². The first-order valence-corrected chi connectivity index (χ1v) is 10.2. The van der Waals surface area contributed by atoms with Crippen LogP contribution < -0.4 is 11.1 Å². The number of quaternary nitrogens is 1. The van der Waals surface area contributed by atoms with Gasteiger partial charge in [0.15, 0.2) is 6.04 Å². The second-order valence-electron chi connectivity index (χ2n) is 8.41. The van der Waals surface area contributed by atoms with Gasteiger partial charge in [0.2, 0.25) is 6.41 Å². The van der Waals surface area contributed by atoms with Crippen LogP contribution in [0.1, 0.15) is 58.8 Å². The molecule has 0 spiro atoms. The van der Waals surface area contributed by atoms with Crippen LogP contribution in [-0.4, -0.2) is 64.2 Å². The highest BCUT2D eigenvalue weighted by atomic mass is 16.5. The molecule has 28 heavy (non-hydrogen) atoms. The monoisotopic (exact) mass is 397 g/mol. The average molecular weight is 397 g/mol. The summed E-state index contributed by atoms with van der Waals surface area (Å²) < 4.78 is -0.669. The summed E-state index contributed by atoms with van der Waals surface area (Å²) in [6, 6.07) is -1.67. The minimum absolute atomic E-state index is 0.193. The minimum Gasteiger partial charge on any atom is -0.364 e. The van der Waals surface area contributed by atoms with Gasteiger partial charge >= 0.3 is 11.9 Å². The molecule has 4 N–H and O–H groups in total. The van der Waals surface area contributed by atoms with E-state index in [1.807, 2.05) is 0 Å². The quantitative estimate of drug-likeness (QED) is 0.245. The van der Waals surface area contributed by atoms with Crippen molar-refractivity contribution in [3.05, 3.63) is 0 Å². The molecule has 1 aliphatic carbocycles. The molecule has 1 aliphatic heterocycles. The Morgan fingerprint density at radius 3 is 2.39 bits per heavy atom. The van der Waals surface area contributed by atoms with Crippen LogP contribution in [0.5, 0.6) is 0 Å². The number of carbonyl (C=O) groups is 4. The van der Waals surface area contributed by atoms with E-state index in [-0.39, 0.29) is 25.5 Å². The number of nitrogens with two attached hydrogens (primary N) is 1.